The van der Waals surface area contributed by atoms with Crippen molar-refractivity contribution in [3.8, 4) is 5.75 Å². The average Bonchev–Trinajstić information content (AvgIpc) is 2.92. The van der Waals surface area contributed by atoms with E-state index < -0.39 is 11.9 Å². The summed E-state index contributed by atoms with van der Waals surface area (Å²) in [5.41, 5.74) is 7.19. The van der Waals surface area contributed by atoms with Crippen LogP contribution in [0.3, 0.4) is 0 Å². The second-order valence-corrected chi connectivity index (χ2v) is 7.68. The average molecular weight is 385 g/mol. The summed E-state index contributed by atoms with van der Waals surface area (Å²) in [6.07, 6.45) is 0.790. The Bertz CT molecular complexity index is 1070. The van der Waals surface area contributed by atoms with Gasteiger partial charge in [0, 0.05) is 16.9 Å². The lowest BCUT2D eigenvalue weighted by atomic mass is 10.1. The van der Waals surface area contributed by atoms with Gasteiger partial charge in [0.05, 0.1) is 12.5 Å². The molecular weight excluding hydrogens is 362 g/mol. The Morgan fingerprint density at radius 1 is 1.33 bits per heavy atom. The van der Waals surface area contributed by atoms with Gasteiger partial charge in [-0.15, -0.1) is 11.3 Å². The number of ether oxygens (including phenoxy) is 1. The standard InChI is InChI=1S/C20H23N3O3S/c1-5-14(18(21)24)23-16(10-13-8-6-7-9-15(13)26-4)22-19-17(20(23)25)11(2)12(3)27-19/h6-9,14H,5,10H2,1-4H3,(H2,21,24). The van der Waals surface area contributed by atoms with Crippen LogP contribution in [0.2, 0.25) is 0 Å². The number of para-hydroxylation sites is 1. The van der Waals surface area contributed by atoms with Gasteiger partial charge in [0.1, 0.15) is 22.4 Å². The van der Waals surface area contributed by atoms with Crippen LogP contribution in [0.25, 0.3) is 10.2 Å². The minimum absolute atomic E-state index is 0.211. The van der Waals surface area contributed by atoms with Crippen LogP contribution in [0.1, 0.15) is 41.2 Å². The van der Waals surface area contributed by atoms with Crippen LogP contribution in [0.15, 0.2) is 29.1 Å². The van der Waals surface area contributed by atoms with E-state index >= 15 is 0 Å². The Morgan fingerprint density at radius 3 is 2.67 bits per heavy atom. The Labute approximate surface area is 161 Å². The molecule has 6 nitrogen and oxygen atoms in total. The summed E-state index contributed by atoms with van der Waals surface area (Å²) in [7, 11) is 1.60. The van der Waals surface area contributed by atoms with Crippen molar-refractivity contribution in [3.63, 3.8) is 0 Å². The number of rotatable bonds is 6. The lowest BCUT2D eigenvalue weighted by Crippen LogP contribution is -2.36. The summed E-state index contributed by atoms with van der Waals surface area (Å²) in [4.78, 5) is 31.9. The third-order valence-electron chi connectivity index (χ3n) is 4.88. The van der Waals surface area contributed by atoms with Gasteiger partial charge in [-0.2, -0.15) is 0 Å². The normalized spacial score (nSPS) is 12.3. The molecule has 1 unspecified atom stereocenters. The van der Waals surface area contributed by atoms with Gasteiger partial charge >= 0.3 is 0 Å². The zero-order valence-corrected chi connectivity index (χ0v) is 16.7. The van der Waals surface area contributed by atoms with Gasteiger partial charge < -0.3 is 10.5 Å². The Balaban J connectivity index is 2.29. The third-order valence-corrected chi connectivity index (χ3v) is 5.98. The summed E-state index contributed by atoms with van der Waals surface area (Å²) < 4.78 is 6.90. The minimum atomic E-state index is -0.737. The Morgan fingerprint density at radius 2 is 2.04 bits per heavy atom. The van der Waals surface area contributed by atoms with Crippen molar-refractivity contribution in [2.45, 2.75) is 39.7 Å². The largest absolute Gasteiger partial charge is 0.496 e. The van der Waals surface area contributed by atoms with Gasteiger partial charge in [-0.05, 0) is 31.9 Å². The van der Waals surface area contributed by atoms with E-state index in [-0.39, 0.29) is 5.56 Å². The van der Waals surface area contributed by atoms with Gasteiger partial charge in [0.25, 0.3) is 5.56 Å². The van der Waals surface area contributed by atoms with E-state index in [1.165, 1.54) is 15.9 Å². The summed E-state index contributed by atoms with van der Waals surface area (Å²) in [6.45, 7) is 5.72. The fourth-order valence-corrected chi connectivity index (χ4v) is 4.36. The highest BCUT2D eigenvalue weighted by molar-refractivity contribution is 7.18. The monoisotopic (exact) mass is 385 g/mol. The first kappa shape index (κ1) is 19.1. The second-order valence-electron chi connectivity index (χ2n) is 6.48. The maximum absolute atomic E-state index is 13.3. The van der Waals surface area contributed by atoms with Crippen molar-refractivity contribution >= 4 is 27.5 Å². The smallest absolute Gasteiger partial charge is 0.263 e. The van der Waals surface area contributed by atoms with Crippen LogP contribution in [0.4, 0.5) is 0 Å². The highest BCUT2D eigenvalue weighted by Gasteiger charge is 2.25. The molecule has 7 heteroatoms. The molecule has 1 amide bonds. The van der Waals surface area contributed by atoms with Crippen LogP contribution in [-0.4, -0.2) is 22.6 Å². The molecule has 2 heterocycles. The molecule has 27 heavy (non-hydrogen) atoms. The topological polar surface area (TPSA) is 87.2 Å². The maximum atomic E-state index is 13.3. The van der Waals surface area contributed by atoms with Gasteiger partial charge in [0.15, 0.2) is 0 Å². The molecule has 0 saturated heterocycles. The molecule has 0 saturated carbocycles. The van der Waals surface area contributed by atoms with E-state index in [1.54, 1.807) is 7.11 Å². The first-order valence-electron chi connectivity index (χ1n) is 8.81. The minimum Gasteiger partial charge on any atom is -0.496 e. The maximum Gasteiger partial charge on any atom is 0.263 e. The Hall–Kier alpha value is -2.67. The number of aromatic nitrogens is 2. The third kappa shape index (κ3) is 3.35. The molecule has 0 aliphatic heterocycles. The lowest BCUT2D eigenvalue weighted by Gasteiger charge is -2.19. The number of primary amides is 1. The van der Waals surface area contributed by atoms with Crippen molar-refractivity contribution in [1.82, 2.24) is 9.55 Å². The summed E-state index contributed by atoms with van der Waals surface area (Å²) in [5.74, 6) is 0.694. The van der Waals surface area contributed by atoms with Crippen molar-refractivity contribution in [2.24, 2.45) is 5.73 Å². The number of aryl methyl sites for hydroxylation is 2. The zero-order valence-electron chi connectivity index (χ0n) is 15.9. The highest BCUT2D eigenvalue weighted by Crippen LogP contribution is 2.29. The van der Waals surface area contributed by atoms with E-state index in [9.17, 15) is 9.59 Å². The van der Waals surface area contributed by atoms with Crippen LogP contribution < -0.4 is 16.0 Å². The zero-order chi connectivity index (χ0) is 19.7. The number of hydrogen-bond donors (Lipinski definition) is 1. The summed E-state index contributed by atoms with van der Waals surface area (Å²) in [5, 5.41) is 0.570. The van der Waals surface area contributed by atoms with Gasteiger partial charge in [-0.25, -0.2) is 4.98 Å². The van der Waals surface area contributed by atoms with Crippen molar-refractivity contribution in [3.05, 3.63) is 56.4 Å². The number of fused-ring (bicyclic) bond motifs is 1. The van der Waals surface area contributed by atoms with Crippen LogP contribution in [-0.2, 0) is 11.2 Å². The fraction of sp³-hybridized carbons (Fsp3) is 0.350. The van der Waals surface area contributed by atoms with Crippen molar-refractivity contribution in [2.75, 3.05) is 7.11 Å². The first-order chi connectivity index (χ1) is 12.9. The molecule has 2 N–H and O–H groups in total. The predicted molar refractivity (Wildman–Crippen MR) is 108 cm³/mol. The van der Waals surface area contributed by atoms with Gasteiger partial charge in [0.2, 0.25) is 5.91 Å². The molecule has 0 spiro atoms. The van der Waals surface area contributed by atoms with E-state index in [2.05, 4.69) is 0 Å². The Kier molecular flexibility index (Phi) is 5.32. The predicted octanol–water partition coefficient (Wildman–Crippen LogP) is 3.11. The van der Waals surface area contributed by atoms with Crippen LogP contribution in [0.5, 0.6) is 5.75 Å². The van der Waals surface area contributed by atoms with Crippen molar-refractivity contribution < 1.29 is 9.53 Å². The first-order valence-corrected chi connectivity index (χ1v) is 9.63. The van der Waals surface area contributed by atoms with E-state index in [1.807, 2.05) is 45.0 Å². The molecule has 0 bridgehead atoms. The molecule has 0 aliphatic rings. The fourth-order valence-electron chi connectivity index (χ4n) is 3.32. The molecule has 1 atom stereocenters. The van der Waals surface area contributed by atoms with Crippen LogP contribution >= 0.6 is 11.3 Å². The second kappa shape index (κ2) is 7.52. The molecule has 0 radical (unpaired) electrons. The van der Waals surface area contributed by atoms with E-state index in [0.717, 1.165) is 16.0 Å². The number of carbonyl (C=O) groups excluding carboxylic acids is 1. The number of thiophene rings is 1. The van der Waals surface area contributed by atoms with Crippen LogP contribution in [0, 0.1) is 13.8 Å². The highest BCUT2D eigenvalue weighted by atomic mass is 32.1. The number of nitrogens with zero attached hydrogens (tertiary/aromatic N) is 2. The van der Waals surface area contributed by atoms with E-state index in [0.29, 0.717) is 34.6 Å². The number of hydrogen-bond acceptors (Lipinski definition) is 5. The van der Waals surface area contributed by atoms with Gasteiger partial charge in [-0.3, -0.25) is 14.2 Å². The number of nitrogens with two attached hydrogens (primary N) is 1. The molecule has 142 valence electrons. The number of benzene rings is 1. The lowest BCUT2D eigenvalue weighted by molar-refractivity contribution is -0.121. The molecule has 2 aromatic heterocycles. The quantitative estimate of drug-likeness (QED) is 0.706. The summed E-state index contributed by atoms with van der Waals surface area (Å²) in [6, 6.07) is 6.84. The van der Waals surface area contributed by atoms with E-state index in [4.69, 9.17) is 15.5 Å². The molecule has 3 aromatic rings. The molecule has 3 rings (SSSR count). The molecule has 0 aliphatic carbocycles. The SMILES string of the molecule is CCC(C(N)=O)n1c(Cc2ccccc2OC)nc2sc(C)c(C)c2c1=O. The number of amides is 1. The number of methoxy groups -OCH3 is 1. The summed E-state index contributed by atoms with van der Waals surface area (Å²) >= 11 is 1.49. The molecular formula is C20H23N3O3S. The van der Waals surface area contributed by atoms with Gasteiger partial charge in [-0.1, -0.05) is 25.1 Å². The molecule has 1 aromatic carbocycles. The molecule has 0 fully saturated rings. The number of carbonyl (C=O) groups is 1. The van der Waals surface area contributed by atoms with Crippen molar-refractivity contribution in [1.29, 1.82) is 0 Å².